The Morgan fingerprint density at radius 1 is 1.15 bits per heavy atom. The number of aryl methyl sites for hydroxylation is 1. The number of carboxylic acids is 1. The normalized spacial score (nSPS) is 11.4. The van der Waals surface area contributed by atoms with Crippen LogP contribution in [0.2, 0.25) is 0 Å². The summed E-state index contributed by atoms with van der Waals surface area (Å²) in [5, 5.41) is 8.97. The molecule has 2 rings (SSSR count). The fourth-order valence-electron chi connectivity index (χ4n) is 1.94. The first-order chi connectivity index (χ1) is 9.29. The second-order valence-corrected chi connectivity index (χ2v) is 5.83. The monoisotopic (exact) mass is 270 g/mol. The van der Waals surface area contributed by atoms with Crippen LogP contribution in [0.15, 0.2) is 30.5 Å². The fraction of sp³-hybridized carbons (Fsp3) is 0.312. The molecule has 0 saturated carbocycles. The Morgan fingerprint density at radius 3 is 2.20 bits per heavy atom. The van der Waals surface area contributed by atoms with E-state index in [2.05, 4.69) is 42.9 Å². The molecule has 0 radical (unpaired) electrons. The lowest BCUT2D eigenvalue weighted by Gasteiger charge is -2.19. The summed E-state index contributed by atoms with van der Waals surface area (Å²) in [4.78, 5) is 19.3. The number of carboxylic acid groups (broad SMARTS) is 1. The van der Waals surface area contributed by atoms with Crippen LogP contribution in [0.4, 0.5) is 0 Å². The Labute approximate surface area is 118 Å². The summed E-state index contributed by atoms with van der Waals surface area (Å²) in [6.07, 6.45) is 1.36. The lowest BCUT2D eigenvalue weighted by Crippen LogP contribution is -2.10. The second kappa shape index (κ2) is 5.04. The standard InChI is InChI=1S/C16H18N2O2/c1-10-13(15(19)20)9-17-14(18-10)11-5-7-12(8-6-11)16(2,3)4/h5-9H,1-4H3,(H,19,20). The van der Waals surface area contributed by atoms with Gasteiger partial charge in [-0.05, 0) is 17.9 Å². The van der Waals surface area contributed by atoms with E-state index in [0.717, 1.165) is 5.56 Å². The van der Waals surface area contributed by atoms with Crippen molar-refractivity contribution in [2.45, 2.75) is 33.1 Å². The minimum atomic E-state index is -1.00. The Bertz CT molecular complexity index is 641. The van der Waals surface area contributed by atoms with E-state index in [1.165, 1.54) is 11.8 Å². The lowest BCUT2D eigenvalue weighted by atomic mass is 9.87. The largest absolute Gasteiger partial charge is 0.478 e. The number of carbonyl (C=O) groups is 1. The Kier molecular flexibility index (Phi) is 3.57. The molecule has 1 aromatic heterocycles. The van der Waals surface area contributed by atoms with Crippen LogP contribution in [0.5, 0.6) is 0 Å². The van der Waals surface area contributed by atoms with E-state index in [4.69, 9.17) is 5.11 Å². The van der Waals surface area contributed by atoms with Crippen LogP contribution in [-0.2, 0) is 5.41 Å². The van der Waals surface area contributed by atoms with Crippen molar-refractivity contribution in [2.24, 2.45) is 0 Å². The Hall–Kier alpha value is -2.23. The summed E-state index contributed by atoms with van der Waals surface area (Å²) >= 11 is 0. The van der Waals surface area contributed by atoms with Gasteiger partial charge in [0.05, 0.1) is 11.3 Å². The highest BCUT2D eigenvalue weighted by Crippen LogP contribution is 2.24. The first-order valence-corrected chi connectivity index (χ1v) is 6.47. The summed E-state index contributed by atoms with van der Waals surface area (Å²) < 4.78 is 0. The third-order valence-electron chi connectivity index (χ3n) is 3.22. The molecule has 1 N–H and O–H groups in total. The first kappa shape index (κ1) is 14.2. The Morgan fingerprint density at radius 2 is 1.75 bits per heavy atom. The molecule has 0 atom stereocenters. The predicted octanol–water partition coefficient (Wildman–Crippen LogP) is 3.45. The van der Waals surface area contributed by atoms with E-state index < -0.39 is 5.97 Å². The highest BCUT2D eigenvalue weighted by Gasteiger charge is 2.14. The molecular weight excluding hydrogens is 252 g/mol. The third kappa shape index (κ3) is 2.85. The van der Waals surface area contributed by atoms with E-state index in [9.17, 15) is 4.79 Å². The summed E-state index contributed by atoms with van der Waals surface area (Å²) in [5.74, 6) is -0.454. The van der Waals surface area contributed by atoms with Gasteiger partial charge < -0.3 is 5.11 Å². The van der Waals surface area contributed by atoms with Crippen LogP contribution >= 0.6 is 0 Å². The van der Waals surface area contributed by atoms with Crippen molar-refractivity contribution in [3.63, 3.8) is 0 Å². The molecule has 1 heterocycles. The van der Waals surface area contributed by atoms with Gasteiger partial charge in [0.2, 0.25) is 0 Å². The van der Waals surface area contributed by atoms with Gasteiger partial charge in [-0.15, -0.1) is 0 Å². The van der Waals surface area contributed by atoms with Gasteiger partial charge in [-0.2, -0.15) is 0 Å². The molecule has 0 bridgehead atoms. The minimum absolute atomic E-state index is 0.0997. The molecule has 0 aliphatic rings. The average Bonchev–Trinajstić information content (AvgIpc) is 2.37. The number of rotatable bonds is 2. The van der Waals surface area contributed by atoms with Gasteiger partial charge in [-0.25, -0.2) is 14.8 Å². The van der Waals surface area contributed by atoms with E-state index in [-0.39, 0.29) is 11.0 Å². The highest BCUT2D eigenvalue weighted by molar-refractivity contribution is 5.88. The summed E-state index contributed by atoms with van der Waals surface area (Å²) in [5.41, 5.74) is 2.84. The summed E-state index contributed by atoms with van der Waals surface area (Å²) in [6.45, 7) is 8.15. The van der Waals surface area contributed by atoms with Crippen molar-refractivity contribution < 1.29 is 9.90 Å². The van der Waals surface area contributed by atoms with Crippen LogP contribution in [0, 0.1) is 6.92 Å². The first-order valence-electron chi connectivity index (χ1n) is 6.47. The lowest BCUT2D eigenvalue weighted by molar-refractivity contribution is 0.0695. The number of hydrogen-bond acceptors (Lipinski definition) is 3. The van der Waals surface area contributed by atoms with Crippen molar-refractivity contribution in [2.75, 3.05) is 0 Å². The third-order valence-corrected chi connectivity index (χ3v) is 3.22. The molecule has 0 unspecified atom stereocenters. The van der Waals surface area contributed by atoms with Gasteiger partial charge in [0.15, 0.2) is 5.82 Å². The molecule has 1 aromatic carbocycles. The number of nitrogens with zero attached hydrogens (tertiary/aromatic N) is 2. The molecule has 0 aliphatic heterocycles. The van der Waals surface area contributed by atoms with Crippen molar-refractivity contribution in [3.05, 3.63) is 47.3 Å². The van der Waals surface area contributed by atoms with E-state index >= 15 is 0 Å². The highest BCUT2D eigenvalue weighted by atomic mass is 16.4. The SMILES string of the molecule is Cc1nc(-c2ccc(C(C)(C)C)cc2)ncc1C(=O)O. The zero-order valence-corrected chi connectivity index (χ0v) is 12.1. The van der Waals surface area contributed by atoms with Crippen molar-refractivity contribution >= 4 is 5.97 Å². The van der Waals surface area contributed by atoms with Gasteiger partial charge in [0.25, 0.3) is 0 Å². The number of aromatic carboxylic acids is 1. The number of hydrogen-bond donors (Lipinski definition) is 1. The van der Waals surface area contributed by atoms with Gasteiger partial charge in [-0.3, -0.25) is 0 Å². The van der Waals surface area contributed by atoms with Crippen molar-refractivity contribution in [1.82, 2.24) is 9.97 Å². The van der Waals surface area contributed by atoms with E-state index in [0.29, 0.717) is 11.5 Å². The minimum Gasteiger partial charge on any atom is -0.478 e. The Balaban J connectivity index is 2.37. The molecule has 20 heavy (non-hydrogen) atoms. The second-order valence-electron chi connectivity index (χ2n) is 5.83. The van der Waals surface area contributed by atoms with Crippen LogP contribution in [-0.4, -0.2) is 21.0 Å². The molecule has 4 nitrogen and oxygen atoms in total. The number of aromatic nitrogens is 2. The van der Waals surface area contributed by atoms with Gasteiger partial charge in [0, 0.05) is 11.8 Å². The van der Waals surface area contributed by atoms with Gasteiger partial charge in [0.1, 0.15) is 0 Å². The van der Waals surface area contributed by atoms with E-state index in [1.54, 1.807) is 6.92 Å². The topological polar surface area (TPSA) is 63.1 Å². The molecule has 0 fully saturated rings. The smallest absolute Gasteiger partial charge is 0.339 e. The van der Waals surface area contributed by atoms with E-state index in [1.807, 2.05) is 12.1 Å². The fourth-order valence-corrected chi connectivity index (χ4v) is 1.94. The predicted molar refractivity (Wildman–Crippen MR) is 77.9 cm³/mol. The van der Waals surface area contributed by atoms with Crippen LogP contribution in [0.25, 0.3) is 11.4 Å². The zero-order valence-electron chi connectivity index (χ0n) is 12.1. The molecule has 0 amide bonds. The van der Waals surface area contributed by atoms with Gasteiger partial charge in [-0.1, -0.05) is 45.0 Å². The molecule has 0 spiro atoms. The average molecular weight is 270 g/mol. The quantitative estimate of drug-likeness (QED) is 0.907. The van der Waals surface area contributed by atoms with Crippen LogP contribution in [0.1, 0.15) is 42.4 Å². The molecular formula is C16H18N2O2. The van der Waals surface area contributed by atoms with Gasteiger partial charge >= 0.3 is 5.97 Å². The van der Waals surface area contributed by atoms with Crippen LogP contribution < -0.4 is 0 Å². The summed E-state index contributed by atoms with van der Waals surface area (Å²) in [6, 6.07) is 8.05. The molecule has 0 saturated heterocycles. The van der Waals surface area contributed by atoms with Crippen molar-refractivity contribution in [3.8, 4) is 11.4 Å². The van der Waals surface area contributed by atoms with Crippen molar-refractivity contribution in [1.29, 1.82) is 0 Å². The molecule has 104 valence electrons. The maximum Gasteiger partial charge on any atom is 0.339 e. The maximum absolute atomic E-state index is 10.9. The maximum atomic E-state index is 10.9. The van der Waals surface area contributed by atoms with Crippen LogP contribution in [0.3, 0.4) is 0 Å². The summed E-state index contributed by atoms with van der Waals surface area (Å²) in [7, 11) is 0. The zero-order chi connectivity index (χ0) is 14.9. The molecule has 2 aromatic rings. The molecule has 0 aliphatic carbocycles. The number of benzene rings is 1. The molecule has 4 heteroatoms.